The summed E-state index contributed by atoms with van der Waals surface area (Å²) in [5, 5.41) is 14.3. The zero-order valence-electron chi connectivity index (χ0n) is 18.7. The molecule has 35 heavy (non-hydrogen) atoms. The van der Waals surface area contributed by atoms with Gasteiger partial charge in [-0.25, -0.2) is 15.0 Å². The Kier molecular flexibility index (Phi) is 6.82. The van der Waals surface area contributed by atoms with Gasteiger partial charge in [-0.05, 0) is 49.5 Å². The number of aromatic amines is 1. The molecular formula is C23H26Cl3N9. The molecule has 1 aliphatic heterocycles. The van der Waals surface area contributed by atoms with Gasteiger partial charge in [0.25, 0.3) is 0 Å². The van der Waals surface area contributed by atoms with Crippen molar-refractivity contribution in [1.82, 2.24) is 30.5 Å². The molecule has 4 aromatic rings. The predicted molar refractivity (Wildman–Crippen MR) is 143 cm³/mol. The number of nitrogen functional groups attached to an aromatic ring is 1. The quantitative estimate of drug-likeness (QED) is 0.268. The van der Waals surface area contributed by atoms with E-state index < -0.39 is 5.54 Å². The summed E-state index contributed by atoms with van der Waals surface area (Å²) in [6, 6.07) is 10.2. The normalized spacial score (nSPS) is 20.2. The SMILES string of the molecule is Cl.Cl.Nc1nccc(Nc2n[nH]c3nc(C4(N)c5ccccc5CC45CCNCC5)cnc23)c1Cl. The highest BCUT2D eigenvalue weighted by Gasteiger charge is 2.57. The summed E-state index contributed by atoms with van der Waals surface area (Å²) in [4.78, 5) is 13.7. The first kappa shape index (κ1) is 25.4. The number of halogens is 3. The van der Waals surface area contributed by atoms with Crippen LogP contribution in [0.3, 0.4) is 0 Å². The first-order chi connectivity index (χ1) is 16.0. The van der Waals surface area contributed by atoms with Crippen molar-refractivity contribution in [2.75, 3.05) is 24.1 Å². The minimum atomic E-state index is -0.728. The maximum absolute atomic E-state index is 7.34. The summed E-state index contributed by atoms with van der Waals surface area (Å²) >= 11 is 6.28. The molecule has 4 heterocycles. The topological polar surface area (TPSA) is 143 Å². The fourth-order valence-corrected chi connectivity index (χ4v) is 5.66. The highest BCUT2D eigenvalue weighted by molar-refractivity contribution is 6.35. The van der Waals surface area contributed by atoms with E-state index in [4.69, 9.17) is 33.0 Å². The second-order valence-corrected chi connectivity index (χ2v) is 9.26. The molecule has 1 aromatic carbocycles. The van der Waals surface area contributed by atoms with Gasteiger partial charge in [-0.3, -0.25) is 5.10 Å². The van der Waals surface area contributed by atoms with Crippen LogP contribution in [0.5, 0.6) is 0 Å². The summed E-state index contributed by atoms with van der Waals surface area (Å²) in [5.41, 5.74) is 17.3. The van der Waals surface area contributed by atoms with Crippen molar-refractivity contribution < 1.29 is 0 Å². The zero-order chi connectivity index (χ0) is 22.6. The predicted octanol–water partition coefficient (Wildman–Crippen LogP) is 3.70. The Morgan fingerprint density at radius 3 is 2.63 bits per heavy atom. The number of piperidine rings is 1. The number of nitrogens with one attached hydrogen (secondary N) is 3. The molecule has 6 rings (SSSR count). The molecular weight excluding hydrogens is 509 g/mol. The number of benzene rings is 1. The number of anilines is 3. The molecule has 7 N–H and O–H groups in total. The van der Waals surface area contributed by atoms with Crippen LogP contribution in [0.25, 0.3) is 11.2 Å². The molecule has 1 atom stereocenters. The van der Waals surface area contributed by atoms with Crippen molar-refractivity contribution in [2.45, 2.75) is 24.8 Å². The second-order valence-electron chi connectivity index (χ2n) is 8.88. The lowest BCUT2D eigenvalue weighted by molar-refractivity contribution is 0.117. The first-order valence-corrected chi connectivity index (χ1v) is 11.4. The number of hydrogen-bond acceptors (Lipinski definition) is 8. The maximum atomic E-state index is 7.34. The van der Waals surface area contributed by atoms with Crippen LogP contribution >= 0.6 is 36.4 Å². The molecule has 1 saturated heterocycles. The van der Waals surface area contributed by atoms with Gasteiger partial charge < -0.3 is 22.1 Å². The van der Waals surface area contributed by atoms with Crippen LogP contribution < -0.4 is 22.1 Å². The number of rotatable bonds is 3. The number of H-pyrrole nitrogens is 1. The summed E-state index contributed by atoms with van der Waals surface area (Å²) in [6.07, 6.45) is 6.28. The fourth-order valence-electron chi connectivity index (χ4n) is 5.50. The van der Waals surface area contributed by atoms with Gasteiger partial charge in [-0.1, -0.05) is 35.9 Å². The van der Waals surface area contributed by atoms with Crippen molar-refractivity contribution in [1.29, 1.82) is 0 Å². The Morgan fingerprint density at radius 2 is 1.83 bits per heavy atom. The molecule has 0 saturated carbocycles. The molecule has 184 valence electrons. The van der Waals surface area contributed by atoms with E-state index in [-0.39, 0.29) is 36.0 Å². The third-order valence-electron chi connectivity index (χ3n) is 7.21. The molecule has 1 spiro atoms. The van der Waals surface area contributed by atoms with Crippen LogP contribution in [0.4, 0.5) is 17.3 Å². The number of hydrogen-bond donors (Lipinski definition) is 5. The lowest BCUT2D eigenvalue weighted by atomic mass is 9.63. The molecule has 12 heteroatoms. The van der Waals surface area contributed by atoms with Crippen LogP contribution in [0.15, 0.2) is 42.7 Å². The summed E-state index contributed by atoms with van der Waals surface area (Å²) in [5.74, 6) is 0.748. The molecule has 0 radical (unpaired) electrons. The van der Waals surface area contributed by atoms with E-state index in [0.29, 0.717) is 27.7 Å². The van der Waals surface area contributed by atoms with Crippen molar-refractivity contribution in [3.63, 3.8) is 0 Å². The Morgan fingerprint density at radius 1 is 1.06 bits per heavy atom. The lowest BCUT2D eigenvalue weighted by Crippen LogP contribution is -2.55. The largest absolute Gasteiger partial charge is 0.382 e. The van der Waals surface area contributed by atoms with E-state index in [1.165, 1.54) is 5.56 Å². The molecule has 9 nitrogen and oxygen atoms in total. The van der Waals surface area contributed by atoms with Gasteiger partial charge in [0.2, 0.25) is 0 Å². The molecule has 1 unspecified atom stereocenters. The second kappa shape index (κ2) is 9.40. The van der Waals surface area contributed by atoms with Gasteiger partial charge in [0.1, 0.15) is 10.8 Å². The van der Waals surface area contributed by atoms with Crippen LogP contribution in [-0.4, -0.2) is 38.2 Å². The minimum absolute atomic E-state index is 0. The Hall–Kier alpha value is -2.69. The van der Waals surface area contributed by atoms with E-state index in [1.807, 2.05) is 0 Å². The van der Waals surface area contributed by atoms with E-state index in [0.717, 1.165) is 43.6 Å². The summed E-state index contributed by atoms with van der Waals surface area (Å²) in [6.45, 7) is 1.88. The monoisotopic (exact) mass is 533 g/mol. The minimum Gasteiger partial charge on any atom is -0.382 e. The van der Waals surface area contributed by atoms with E-state index in [9.17, 15) is 0 Å². The van der Waals surface area contributed by atoms with E-state index >= 15 is 0 Å². The molecule has 0 bridgehead atoms. The number of pyridine rings is 1. The zero-order valence-corrected chi connectivity index (χ0v) is 21.1. The molecule has 1 fully saturated rings. The fraction of sp³-hybridized carbons (Fsp3) is 0.304. The number of fused-ring (bicyclic) bond motifs is 2. The Bertz CT molecular complexity index is 1370. The summed E-state index contributed by atoms with van der Waals surface area (Å²) < 4.78 is 0. The van der Waals surface area contributed by atoms with Gasteiger partial charge >= 0.3 is 0 Å². The van der Waals surface area contributed by atoms with Gasteiger partial charge in [0.15, 0.2) is 17.0 Å². The highest BCUT2D eigenvalue weighted by atomic mass is 35.5. The van der Waals surface area contributed by atoms with Crippen molar-refractivity contribution in [3.8, 4) is 0 Å². The molecule has 2 aliphatic rings. The van der Waals surface area contributed by atoms with Crippen LogP contribution in [0.2, 0.25) is 5.02 Å². The van der Waals surface area contributed by atoms with Crippen LogP contribution in [-0.2, 0) is 12.0 Å². The average Bonchev–Trinajstić information content (AvgIpc) is 3.34. The third kappa shape index (κ3) is 3.78. The Balaban J connectivity index is 0.00000144. The molecule has 0 amide bonds. The van der Waals surface area contributed by atoms with Gasteiger partial charge in [-0.15, -0.1) is 24.8 Å². The Labute approximate surface area is 219 Å². The van der Waals surface area contributed by atoms with Crippen molar-refractivity contribution in [2.24, 2.45) is 11.1 Å². The van der Waals surface area contributed by atoms with E-state index in [1.54, 1.807) is 18.5 Å². The van der Waals surface area contributed by atoms with Gasteiger partial charge in [0.05, 0.1) is 23.1 Å². The molecule has 3 aromatic heterocycles. The van der Waals surface area contributed by atoms with Crippen molar-refractivity contribution >= 4 is 64.9 Å². The summed E-state index contributed by atoms with van der Waals surface area (Å²) in [7, 11) is 0. The number of nitrogens with zero attached hydrogens (tertiary/aromatic N) is 4. The van der Waals surface area contributed by atoms with Crippen molar-refractivity contribution in [3.05, 3.63) is 64.6 Å². The van der Waals surface area contributed by atoms with E-state index in [2.05, 4.69) is 50.1 Å². The van der Waals surface area contributed by atoms with Crippen LogP contribution in [0, 0.1) is 5.41 Å². The van der Waals surface area contributed by atoms with Gasteiger partial charge in [0, 0.05) is 11.6 Å². The third-order valence-corrected chi connectivity index (χ3v) is 7.61. The highest BCUT2D eigenvalue weighted by Crippen LogP contribution is 2.56. The number of aromatic nitrogens is 5. The average molecular weight is 535 g/mol. The first-order valence-electron chi connectivity index (χ1n) is 11.0. The number of nitrogens with two attached hydrogens (primary N) is 2. The standard InChI is InChI=1S/C23H24ClN9.2ClH/c24-17-15(5-8-28-19(17)25)30-20-18-21(33-32-20)31-16(12-29-18)23(26)14-4-2-1-3-13(14)11-22(23)6-9-27-10-7-22;;/h1-5,8,12,27H,6-7,9-11,26H2,(H4,25,28,30,31,32,33);2*1H. The lowest BCUT2D eigenvalue weighted by Gasteiger charge is -2.46. The maximum Gasteiger partial charge on any atom is 0.180 e. The smallest absolute Gasteiger partial charge is 0.180 e. The van der Waals surface area contributed by atoms with Crippen LogP contribution in [0.1, 0.15) is 29.7 Å². The molecule has 1 aliphatic carbocycles. The van der Waals surface area contributed by atoms with Gasteiger partial charge in [-0.2, -0.15) is 5.10 Å².